The van der Waals surface area contributed by atoms with Crippen LogP contribution in [-0.2, 0) is 28.7 Å². The van der Waals surface area contributed by atoms with E-state index in [2.05, 4.69) is 9.97 Å². The van der Waals surface area contributed by atoms with Gasteiger partial charge in [0.15, 0.2) is 20.0 Å². The first-order valence-corrected chi connectivity index (χ1v) is 17.8. The van der Waals surface area contributed by atoms with Gasteiger partial charge in [-0.05, 0) is 102 Å². The van der Waals surface area contributed by atoms with E-state index >= 15 is 0 Å². The standard InChI is InChI=1S/C22H27N3O3.C20H23N3O3.ClH/c1-14-7-8-17-18(11-19-15(2)10-16(3)23-19)22(27)24(20(17)9-14)13-28-21(26)12-25(4,5)6;1-13-9-14(2)21-17(13)10-16-15-7-5-6-8-18(15)23(20(16)25)12-26-19(24)11-22(3)4;/h7-11H,12-13H2,1-6H3;5-10,21H,11-12H2,1-4H3;1H/b;16-10-;. The summed E-state index contributed by atoms with van der Waals surface area (Å²) in [4.78, 5) is 61.4. The van der Waals surface area contributed by atoms with Gasteiger partial charge in [-0.25, -0.2) is 4.79 Å². The smallest absolute Gasteiger partial charge is 0.363 e. The topological polar surface area (TPSA) is 128 Å². The van der Waals surface area contributed by atoms with Gasteiger partial charge in [-0.3, -0.25) is 29.1 Å². The lowest BCUT2D eigenvalue weighted by atomic mass is 10.0. The Hall–Kier alpha value is -5.43. The Morgan fingerprint density at radius 1 is 0.709 bits per heavy atom. The van der Waals surface area contributed by atoms with Crippen LogP contribution in [-0.4, -0.2) is 105 Å². The fraction of sp³-hybridized carbons (Fsp3) is 0.333. The van der Waals surface area contributed by atoms with Gasteiger partial charge < -0.3 is 36.3 Å². The molecule has 4 aromatic rings. The third kappa shape index (κ3) is 10.2. The van der Waals surface area contributed by atoms with Gasteiger partial charge in [0.25, 0.3) is 11.8 Å². The lowest BCUT2D eigenvalue weighted by molar-refractivity contribution is -0.862. The normalized spacial score (nSPS) is 14.9. The van der Waals surface area contributed by atoms with E-state index in [0.29, 0.717) is 15.6 Å². The average molecular weight is 771 g/mol. The van der Waals surface area contributed by atoms with Crippen molar-refractivity contribution in [3.8, 4) is 0 Å². The molecule has 292 valence electrons. The number of quaternary nitrogens is 1. The SMILES string of the molecule is Cc1cc(C)c(/C=C2\C(=O)N(COC(=O)CN(C)C)c3ccccc32)[nH]1.Cc1ccc2c(c1)N(COC(=O)C[N+](C)(C)C)C(=O)/C2=C\c1[nH]c(C)cc1C.[Cl-]. The van der Waals surface area contributed by atoms with Crippen LogP contribution in [0.25, 0.3) is 23.3 Å². The predicted molar refractivity (Wildman–Crippen MR) is 212 cm³/mol. The molecule has 0 fully saturated rings. The van der Waals surface area contributed by atoms with E-state index in [1.165, 1.54) is 9.80 Å². The Morgan fingerprint density at radius 3 is 1.69 bits per heavy atom. The molecule has 2 aromatic carbocycles. The Kier molecular flexibility index (Phi) is 13.4. The highest BCUT2D eigenvalue weighted by molar-refractivity contribution is 6.36. The van der Waals surface area contributed by atoms with Crippen molar-refractivity contribution in [2.75, 3.05) is 71.6 Å². The van der Waals surface area contributed by atoms with Crippen LogP contribution in [0, 0.1) is 34.6 Å². The first kappa shape index (κ1) is 42.3. The third-order valence-corrected chi connectivity index (χ3v) is 8.89. The molecule has 0 atom stereocenters. The number of likely N-dealkylation sites (N-methyl/N-ethyl adjacent to an activating group) is 2. The van der Waals surface area contributed by atoms with Crippen LogP contribution in [0.1, 0.15) is 50.6 Å². The maximum atomic E-state index is 13.1. The van der Waals surface area contributed by atoms with E-state index in [9.17, 15) is 19.2 Å². The van der Waals surface area contributed by atoms with Gasteiger partial charge >= 0.3 is 11.9 Å². The number of para-hydroxylation sites is 1. The van der Waals surface area contributed by atoms with Crippen LogP contribution >= 0.6 is 0 Å². The number of carbonyl (C=O) groups excluding carboxylic acids is 4. The highest BCUT2D eigenvalue weighted by atomic mass is 35.5. The molecule has 4 heterocycles. The summed E-state index contributed by atoms with van der Waals surface area (Å²) in [5, 5.41) is 0. The van der Waals surface area contributed by atoms with Crippen LogP contribution in [0.4, 0.5) is 11.4 Å². The summed E-state index contributed by atoms with van der Waals surface area (Å²) in [6, 6.07) is 17.5. The highest BCUT2D eigenvalue weighted by Gasteiger charge is 2.35. The zero-order chi connectivity index (χ0) is 39.5. The number of aryl methyl sites for hydroxylation is 5. The molecule has 0 unspecified atom stereocenters. The van der Waals surface area contributed by atoms with Crippen molar-refractivity contribution in [1.29, 1.82) is 0 Å². The largest absolute Gasteiger partial charge is 1.00 e. The van der Waals surface area contributed by atoms with E-state index in [0.717, 1.165) is 62.0 Å². The molecule has 0 radical (unpaired) electrons. The Bertz CT molecular complexity index is 2150. The lowest BCUT2D eigenvalue weighted by Gasteiger charge is -2.23. The number of amides is 2. The summed E-state index contributed by atoms with van der Waals surface area (Å²) in [6.45, 7) is 10.2. The number of benzene rings is 2. The molecule has 2 aliphatic heterocycles. The molecule has 2 aliphatic rings. The summed E-state index contributed by atoms with van der Waals surface area (Å²) in [7, 11) is 9.34. The zero-order valence-electron chi connectivity index (χ0n) is 33.3. The number of esters is 2. The van der Waals surface area contributed by atoms with Crippen molar-refractivity contribution in [2.24, 2.45) is 0 Å². The maximum Gasteiger partial charge on any atom is 0.363 e. The van der Waals surface area contributed by atoms with Crippen molar-refractivity contribution in [3.63, 3.8) is 0 Å². The zero-order valence-corrected chi connectivity index (χ0v) is 34.1. The summed E-state index contributed by atoms with van der Waals surface area (Å²) in [5.74, 6) is -1.03. The number of H-pyrrole nitrogens is 2. The van der Waals surface area contributed by atoms with Gasteiger partial charge in [-0.2, -0.15) is 0 Å². The molecular weight excluding hydrogens is 720 g/mol. The number of nitrogens with zero attached hydrogens (tertiary/aromatic N) is 4. The molecule has 55 heavy (non-hydrogen) atoms. The molecule has 2 aromatic heterocycles. The minimum absolute atomic E-state index is 0. The quantitative estimate of drug-likeness (QED) is 0.144. The van der Waals surface area contributed by atoms with Crippen LogP contribution in [0.15, 0.2) is 54.6 Å². The first-order valence-electron chi connectivity index (χ1n) is 17.8. The van der Waals surface area contributed by atoms with Crippen molar-refractivity contribution >= 4 is 58.4 Å². The number of rotatable bonds is 10. The Balaban J connectivity index is 0.000000241. The lowest BCUT2D eigenvalue weighted by Crippen LogP contribution is -3.00. The number of fused-ring (bicyclic) bond motifs is 2. The number of hydrogen-bond acceptors (Lipinski definition) is 7. The van der Waals surface area contributed by atoms with E-state index < -0.39 is 0 Å². The van der Waals surface area contributed by atoms with Crippen molar-refractivity contribution in [2.45, 2.75) is 34.6 Å². The van der Waals surface area contributed by atoms with E-state index in [4.69, 9.17) is 9.47 Å². The van der Waals surface area contributed by atoms with E-state index in [1.54, 1.807) is 19.0 Å². The van der Waals surface area contributed by atoms with Crippen LogP contribution < -0.4 is 22.2 Å². The second-order valence-electron chi connectivity index (χ2n) is 15.2. The number of ether oxygens (including phenoxy) is 2. The van der Waals surface area contributed by atoms with Crippen LogP contribution in [0.5, 0.6) is 0 Å². The Morgan fingerprint density at radius 2 is 1.20 bits per heavy atom. The first-order chi connectivity index (χ1) is 25.4. The average Bonchev–Trinajstić information content (AvgIpc) is 3.74. The fourth-order valence-electron chi connectivity index (χ4n) is 6.40. The third-order valence-electron chi connectivity index (χ3n) is 8.89. The molecule has 13 heteroatoms. The second kappa shape index (κ2) is 17.4. The van der Waals surface area contributed by atoms with E-state index in [1.807, 2.05) is 123 Å². The minimum atomic E-state index is -0.367. The molecule has 0 bridgehead atoms. The number of hydrogen-bond donors (Lipinski definition) is 2. The number of carbonyl (C=O) groups is 4. The van der Waals surface area contributed by atoms with Gasteiger partial charge in [0, 0.05) is 33.9 Å². The Labute approximate surface area is 329 Å². The molecule has 0 spiro atoms. The fourth-order valence-corrected chi connectivity index (χ4v) is 6.40. The minimum Gasteiger partial charge on any atom is -1.00 e. The van der Waals surface area contributed by atoms with Crippen molar-refractivity contribution in [1.82, 2.24) is 14.9 Å². The second-order valence-corrected chi connectivity index (χ2v) is 15.2. The van der Waals surface area contributed by atoms with Crippen molar-refractivity contribution < 1.29 is 45.5 Å². The number of halogens is 1. The van der Waals surface area contributed by atoms with E-state index in [-0.39, 0.29) is 62.7 Å². The van der Waals surface area contributed by atoms with Gasteiger partial charge in [0.2, 0.25) is 0 Å². The molecule has 0 saturated heterocycles. The summed E-state index contributed by atoms with van der Waals surface area (Å²) in [5.41, 5.74) is 11.5. The molecule has 2 amide bonds. The maximum absolute atomic E-state index is 13.1. The monoisotopic (exact) mass is 770 g/mol. The number of nitrogens with one attached hydrogen (secondary N) is 2. The van der Waals surface area contributed by atoms with Crippen LogP contribution in [0.3, 0.4) is 0 Å². The predicted octanol–water partition coefficient (Wildman–Crippen LogP) is 2.62. The molecular formula is C42H51ClN6O6. The van der Waals surface area contributed by atoms with Gasteiger partial charge in [0.05, 0.1) is 50.2 Å². The summed E-state index contributed by atoms with van der Waals surface area (Å²) >= 11 is 0. The molecule has 12 nitrogen and oxygen atoms in total. The number of aromatic nitrogens is 2. The molecule has 2 N–H and O–H groups in total. The summed E-state index contributed by atoms with van der Waals surface area (Å²) < 4.78 is 11.2. The van der Waals surface area contributed by atoms with Crippen LogP contribution in [0.2, 0.25) is 0 Å². The number of anilines is 2. The highest BCUT2D eigenvalue weighted by Crippen LogP contribution is 2.39. The molecule has 0 aliphatic carbocycles. The number of aromatic amines is 2. The van der Waals surface area contributed by atoms with Gasteiger partial charge in [0.1, 0.15) is 0 Å². The van der Waals surface area contributed by atoms with Crippen molar-refractivity contribution in [3.05, 3.63) is 105 Å². The van der Waals surface area contributed by atoms with Gasteiger partial charge in [-0.15, -0.1) is 0 Å². The summed E-state index contributed by atoms with van der Waals surface area (Å²) in [6.07, 6.45) is 3.75. The molecule has 0 saturated carbocycles. The molecule has 6 rings (SSSR count). The van der Waals surface area contributed by atoms with Gasteiger partial charge in [-0.1, -0.05) is 30.3 Å².